The summed E-state index contributed by atoms with van der Waals surface area (Å²) in [7, 11) is 1.57. The second-order valence-corrected chi connectivity index (χ2v) is 8.62. The third kappa shape index (κ3) is 4.11. The maximum absolute atomic E-state index is 13.2. The summed E-state index contributed by atoms with van der Waals surface area (Å²) in [5, 5.41) is 12.0. The summed E-state index contributed by atoms with van der Waals surface area (Å²) in [6.07, 6.45) is 0. The number of thioether (sulfide) groups is 1. The molecule has 0 spiro atoms. The van der Waals surface area contributed by atoms with Crippen molar-refractivity contribution in [1.82, 2.24) is 20.2 Å². The summed E-state index contributed by atoms with van der Waals surface area (Å²) in [5.74, 6) is 1.22. The minimum atomic E-state index is -0.448. The Morgan fingerprint density at radius 1 is 1.23 bits per heavy atom. The number of amides is 1. The number of fused-ring (bicyclic) bond motifs is 1. The van der Waals surface area contributed by atoms with Gasteiger partial charge in [0, 0.05) is 6.54 Å². The van der Waals surface area contributed by atoms with E-state index in [-0.39, 0.29) is 11.9 Å². The fourth-order valence-corrected chi connectivity index (χ4v) is 4.70. The van der Waals surface area contributed by atoms with Crippen molar-refractivity contribution in [2.24, 2.45) is 0 Å². The van der Waals surface area contributed by atoms with Gasteiger partial charge in [-0.05, 0) is 37.1 Å². The number of rotatable bonds is 5. The number of benzene rings is 2. The second kappa shape index (κ2) is 8.57. The smallest absolute Gasteiger partial charge is 0.236 e. The molecule has 0 unspecified atom stereocenters. The first-order valence-corrected chi connectivity index (χ1v) is 10.7. The van der Waals surface area contributed by atoms with Gasteiger partial charge in [0.2, 0.25) is 11.1 Å². The monoisotopic (exact) mass is 443 g/mol. The van der Waals surface area contributed by atoms with E-state index in [1.165, 1.54) is 17.3 Å². The van der Waals surface area contributed by atoms with Gasteiger partial charge in [-0.25, -0.2) is 4.68 Å². The molecule has 2 heterocycles. The fourth-order valence-electron chi connectivity index (χ4n) is 3.28. The molecule has 0 bridgehead atoms. The van der Waals surface area contributed by atoms with Gasteiger partial charge < -0.3 is 15.5 Å². The number of nitrogens with zero attached hydrogens (tertiary/aromatic N) is 3. The maximum atomic E-state index is 13.2. The first kappa shape index (κ1) is 20.6. The molecule has 3 aromatic rings. The molecule has 1 aromatic heterocycles. The number of aromatic nitrogens is 3. The Kier molecular flexibility index (Phi) is 5.87. The Balaban J connectivity index is 1.60. The molecule has 0 saturated heterocycles. The van der Waals surface area contributed by atoms with Crippen LogP contribution in [0.5, 0.6) is 5.75 Å². The molecule has 1 amide bonds. The number of nitrogens with one attached hydrogen (secondary N) is 2. The molecule has 0 fully saturated rings. The van der Waals surface area contributed by atoms with Crippen molar-refractivity contribution < 1.29 is 9.53 Å². The normalized spacial score (nSPS) is 17.7. The van der Waals surface area contributed by atoms with Crippen LogP contribution in [0.15, 0.2) is 47.6 Å². The minimum absolute atomic E-state index is 0.0862. The number of hydrogen-bond acceptors (Lipinski definition) is 6. The average molecular weight is 444 g/mol. The van der Waals surface area contributed by atoms with Crippen molar-refractivity contribution in [3.05, 3.63) is 70.0 Å². The Hall–Kier alpha value is -2.71. The molecule has 2 aromatic carbocycles. The fraction of sp³-hybridized carbons (Fsp3) is 0.286. The van der Waals surface area contributed by atoms with E-state index in [0.717, 1.165) is 17.0 Å². The Bertz CT molecular complexity index is 1070. The first-order valence-electron chi connectivity index (χ1n) is 9.48. The standard InChI is InChI=1S/C21H22ClN5O2S/c1-12-4-6-14(7-5-12)11-23-20(28)19-18(15-8-9-17(29-3)16(22)10-15)26-27-13(2)24-25-21(27)30-19/h4-10,18-19,26H,11H2,1-3H3,(H,23,28)/t18-,19+/m1/s1. The number of methoxy groups -OCH3 is 1. The van der Waals surface area contributed by atoms with Crippen molar-refractivity contribution in [2.75, 3.05) is 12.5 Å². The van der Waals surface area contributed by atoms with Gasteiger partial charge in [0.05, 0.1) is 18.2 Å². The van der Waals surface area contributed by atoms with Crippen molar-refractivity contribution in [2.45, 2.75) is 36.8 Å². The van der Waals surface area contributed by atoms with Gasteiger partial charge in [-0.3, -0.25) is 4.79 Å². The van der Waals surface area contributed by atoms with E-state index in [0.29, 0.717) is 22.5 Å². The van der Waals surface area contributed by atoms with Crippen LogP contribution >= 0.6 is 23.4 Å². The van der Waals surface area contributed by atoms with Gasteiger partial charge in [-0.2, -0.15) is 0 Å². The lowest BCUT2D eigenvalue weighted by Crippen LogP contribution is -2.44. The molecule has 1 aliphatic rings. The quantitative estimate of drug-likeness (QED) is 0.626. The summed E-state index contributed by atoms with van der Waals surface area (Å²) >= 11 is 7.73. The van der Waals surface area contributed by atoms with Crippen LogP contribution in [0, 0.1) is 13.8 Å². The van der Waals surface area contributed by atoms with Gasteiger partial charge in [-0.15, -0.1) is 10.2 Å². The van der Waals surface area contributed by atoms with Crippen LogP contribution in [0.2, 0.25) is 5.02 Å². The molecule has 0 aliphatic carbocycles. The Morgan fingerprint density at radius 2 is 2.00 bits per heavy atom. The van der Waals surface area contributed by atoms with Crippen molar-refractivity contribution >= 4 is 29.3 Å². The van der Waals surface area contributed by atoms with Crippen LogP contribution in [0.1, 0.15) is 28.6 Å². The van der Waals surface area contributed by atoms with Crippen molar-refractivity contribution in [3.63, 3.8) is 0 Å². The predicted molar refractivity (Wildman–Crippen MR) is 118 cm³/mol. The molecule has 0 saturated carbocycles. The van der Waals surface area contributed by atoms with Crippen LogP contribution in [0.4, 0.5) is 0 Å². The highest BCUT2D eigenvalue weighted by atomic mass is 35.5. The van der Waals surface area contributed by atoms with Crippen molar-refractivity contribution in [1.29, 1.82) is 0 Å². The molecule has 4 rings (SSSR count). The van der Waals surface area contributed by atoms with Crippen LogP contribution in [-0.2, 0) is 11.3 Å². The van der Waals surface area contributed by atoms with E-state index in [1.807, 2.05) is 50.2 Å². The zero-order valence-electron chi connectivity index (χ0n) is 16.8. The van der Waals surface area contributed by atoms with E-state index in [4.69, 9.17) is 16.3 Å². The molecular formula is C21H22ClN5O2S. The number of aryl methyl sites for hydroxylation is 2. The van der Waals surface area contributed by atoms with Crippen LogP contribution < -0.4 is 15.5 Å². The van der Waals surface area contributed by atoms with E-state index in [9.17, 15) is 4.79 Å². The third-order valence-corrected chi connectivity index (χ3v) is 6.49. The van der Waals surface area contributed by atoms with E-state index in [1.54, 1.807) is 17.9 Å². The molecule has 0 radical (unpaired) electrons. The summed E-state index contributed by atoms with van der Waals surface area (Å²) < 4.78 is 7.06. The van der Waals surface area contributed by atoms with Crippen LogP contribution in [0.25, 0.3) is 0 Å². The molecule has 1 aliphatic heterocycles. The van der Waals surface area contributed by atoms with Crippen molar-refractivity contribution in [3.8, 4) is 5.75 Å². The number of carbonyl (C=O) groups excluding carboxylic acids is 1. The summed E-state index contributed by atoms with van der Waals surface area (Å²) in [6, 6.07) is 13.3. The van der Waals surface area contributed by atoms with Crippen LogP contribution in [-0.4, -0.2) is 33.1 Å². The molecule has 9 heteroatoms. The Morgan fingerprint density at radius 3 is 2.70 bits per heavy atom. The van der Waals surface area contributed by atoms with E-state index >= 15 is 0 Å². The maximum Gasteiger partial charge on any atom is 0.236 e. The van der Waals surface area contributed by atoms with E-state index < -0.39 is 5.25 Å². The van der Waals surface area contributed by atoms with Gasteiger partial charge in [0.15, 0.2) is 0 Å². The summed E-state index contributed by atoms with van der Waals surface area (Å²) in [6.45, 7) is 4.35. The van der Waals surface area contributed by atoms with Gasteiger partial charge >= 0.3 is 0 Å². The molecule has 7 nitrogen and oxygen atoms in total. The Labute approximate surface area is 184 Å². The van der Waals surface area contributed by atoms with Gasteiger partial charge in [0.25, 0.3) is 0 Å². The lowest BCUT2D eigenvalue weighted by Gasteiger charge is -2.33. The lowest BCUT2D eigenvalue weighted by atomic mass is 10.0. The SMILES string of the molecule is COc1ccc([C@H]2Nn3c(C)nnc3S[C@@H]2C(=O)NCc2ccc(C)cc2)cc1Cl. The molecular weight excluding hydrogens is 422 g/mol. The second-order valence-electron chi connectivity index (χ2n) is 7.11. The first-order chi connectivity index (χ1) is 14.5. The topological polar surface area (TPSA) is 81.1 Å². The minimum Gasteiger partial charge on any atom is -0.495 e. The highest BCUT2D eigenvalue weighted by Crippen LogP contribution is 2.38. The molecule has 30 heavy (non-hydrogen) atoms. The number of carbonyl (C=O) groups is 1. The predicted octanol–water partition coefficient (Wildman–Crippen LogP) is 3.63. The molecule has 2 atom stereocenters. The number of halogens is 1. The molecule has 2 N–H and O–H groups in total. The van der Waals surface area contributed by atoms with E-state index in [2.05, 4.69) is 20.9 Å². The summed E-state index contributed by atoms with van der Waals surface area (Å²) in [5.41, 5.74) is 6.48. The zero-order chi connectivity index (χ0) is 21.3. The largest absolute Gasteiger partial charge is 0.495 e. The average Bonchev–Trinajstić information content (AvgIpc) is 3.12. The zero-order valence-corrected chi connectivity index (χ0v) is 18.4. The number of ether oxygens (including phenoxy) is 1. The highest BCUT2D eigenvalue weighted by Gasteiger charge is 2.37. The highest BCUT2D eigenvalue weighted by molar-refractivity contribution is 8.00. The third-order valence-electron chi connectivity index (χ3n) is 4.98. The van der Waals surface area contributed by atoms with Gasteiger partial charge in [0.1, 0.15) is 16.8 Å². The lowest BCUT2D eigenvalue weighted by molar-refractivity contribution is -0.121. The molecule has 156 valence electrons. The van der Waals surface area contributed by atoms with Crippen LogP contribution in [0.3, 0.4) is 0 Å². The number of hydrogen-bond donors (Lipinski definition) is 2. The summed E-state index contributed by atoms with van der Waals surface area (Å²) in [4.78, 5) is 13.2. The van der Waals surface area contributed by atoms with Gasteiger partial charge in [-0.1, -0.05) is 59.3 Å².